The van der Waals surface area contributed by atoms with Crippen molar-refractivity contribution >= 4 is 39.2 Å². The van der Waals surface area contributed by atoms with Crippen molar-refractivity contribution in [3.63, 3.8) is 0 Å². The highest BCUT2D eigenvalue weighted by Gasteiger charge is 2.42. The molecule has 0 aromatic carbocycles. The Morgan fingerprint density at radius 2 is 0.692 bits per heavy atom. The lowest BCUT2D eigenvalue weighted by Gasteiger charge is -2.37. The summed E-state index contributed by atoms with van der Waals surface area (Å²) in [5.41, 5.74) is 0. The summed E-state index contributed by atoms with van der Waals surface area (Å²) < 4.78 is 118. The maximum Gasteiger partial charge on any atom is 0.501 e. The Bertz CT molecular complexity index is 1320. The average Bonchev–Trinajstić information content (AvgIpc) is 3.22. The zero-order valence-electron chi connectivity index (χ0n) is 40.4. The van der Waals surface area contributed by atoms with Gasteiger partial charge >= 0.3 is 8.80 Å². The third-order valence-electron chi connectivity index (χ3n) is 11.7. The largest absolute Gasteiger partial charge is 0.501 e. The van der Waals surface area contributed by atoms with Gasteiger partial charge in [-0.25, -0.2) is 0 Å². The minimum atomic E-state index is -4.28. The molecule has 0 amide bonds. The molecule has 0 fully saturated rings. The van der Waals surface area contributed by atoms with E-state index in [1.807, 2.05) is 0 Å². The topological polar surface area (TPSA) is 261 Å². The Kier molecular flexibility index (Phi) is 38.1. The zero-order chi connectivity index (χ0) is 48.9. The summed E-state index contributed by atoms with van der Waals surface area (Å²) in [6.07, 6.45) is 20.1. The first-order chi connectivity index (χ1) is 30.7. The Morgan fingerprint density at radius 3 is 0.969 bits per heavy atom. The van der Waals surface area contributed by atoms with Crippen LogP contribution in [0.1, 0.15) is 123 Å². The van der Waals surface area contributed by atoms with Crippen LogP contribution in [-0.2, 0) is 43.6 Å². The van der Waals surface area contributed by atoms with Gasteiger partial charge in [0.25, 0.3) is 30.4 Å². The van der Waals surface area contributed by atoms with Crippen LogP contribution in [0.3, 0.4) is 0 Å². The van der Waals surface area contributed by atoms with E-state index in [0.717, 1.165) is 49.8 Å². The highest BCUT2D eigenvalue weighted by Crippen LogP contribution is 2.23. The predicted molar refractivity (Wildman–Crippen MR) is 259 cm³/mol. The molecule has 392 valence electrons. The zero-order valence-corrected chi connectivity index (χ0v) is 43.9. The maximum absolute atomic E-state index is 11.6. The molecule has 0 unspecified atom stereocenters. The molecule has 0 atom stereocenters. The third-order valence-corrected chi connectivity index (χ3v) is 16.7. The first kappa shape index (κ1) is 64.5. The molecule has 0 saturated heterocycles. The summed E-state index contributed by atoms with van der Waals surface area (Å²) in [6, 6.07) is 0.358. The van der Waals surface area contributed by atoms with Crippen molar-refractivity contribution in [1.29, 1.82) is 0 Å². The van der Waals surface area contributed by atoms with E-state index in [0.29, 0.717) is 12.5 Å². The fourth-order valence-corrected chi connectivity index (χ4v) is 11.7. The molecule has 0 aromatic rings. The fourth-order valence-electron chi connectivity index (χ4n) is 7.76. The number of aliphatic hydroxyl groups is 3. The second-order valence-corrected chi connectivity index (χ2v) is 25.1. The number of aliphatic hydroxyl groups excluding tert-OH is 3. The highest BCUT2D eigenvalue weighted by molar-refractivity contribution is 7.86. The van der Waals surface area contributed by atoms with Gasteiger partial charge < -0.3 is 33.1 Å². The van der Waals surface area contributed by atoms with E-state index in [4.69, 9.17) is 13.3 Å². The molecule has 0 aliphatic rings. The van der Waals surface area contributed by atoms with E-state index in [-0.39, 0.29) is 98.5 Å². The lowest BCUT2D eigenvalue weighted by molar-refractivity contribution is -0.910. The smallest absolute Gasteiger partial charge is 0.395 e. The number of rotatable bonds is 49. The van der Waals surface area contributed by atoms with Crippen LogP contribution in [0.4, 0.5) is 0 Å². The number of unbranched alkanes of at least 4 members (excludes halogenated alkanes) is 14. The van der Waals surface area contributed by atoms with Gasteiger partial charge in [0.2, 0.25) is 0 Å². The molecule has 0 aliphatic heterocycles. The lowest BCUT2D eigenvalue weighted by atomic mass is 10.1. The van der Waals surface area contributed by atoms with E-state index in [1.165, 1.54) is 77.0 Å². The number of nitrogens with zero attached hydrogens (tertiary/aromatic N) is 4. The second-order valence-electron chi connectivity index (χ2n) is 17.6. The van der Waals surface area contributed by atoms with Gasteiger partial charge in [0.05, 0.1) is 83.6 Å². The standard InChI is InChI=1S/C42H92N4O15S3Si/c1-4-6-8-10-12-14-16-18-30-46(3,31-19-17-15-13-11-9-7-5-2)32-20-42-65(59-36-24-43(21-33-47)27-39-62(50,51)52,60-37-25-44(22-34-48)28-40-63(53,54)55)61-38-26-45(23-35-49)29-41-64(56,57)58/h47-49H,4-42H2,1-3H3,(H2-,50,51,52,53,54,55,56,57,58)/p+1. The number of quaternary nitrogens is 1. The minimum absolute atomic E-state index is 0.00738. The minimum Gasteiger partial charge on any atom is -0.395 e. The van der Waals surface area contributed by atoms with Crippen LogP contribution >= 0.6 is 0 Å². The van der Waals surface area contributed by atoms with Crippen molar-refractivity contribution in [1.82, 2.24) is 14.7 Å². The molecule has 0 saturated carbocycles. The maximum atomic E-state index is 11.6. The Balaban J connectivity index is 6.58. The quantitative estimate of drug-likeness (QED) is 0.0220. The van der Waals surface area contributed by atoms with Crippen molar-refractivity contribution in [2.45, 2.75) is 129 Å². The monoisotopic (exact) mass is 1020 g/mol. The summed E-state index contributed by atoms with van der Waals surface area (Å²) in [6.45, 7) is 7.00. The molecular weight excluding hydrogens is 925 g/mol. The molecular formula is C42H93N4O15S3Si+. The molecule has 19 nitrogen and oxygen atoms in total. The molecule has 0 aromatic heterocycles. The first-order valence-corrected chi connectivity index (χ1v) is 31.1. The van der Waals surface area contributed by atoms with E-state index in [9.17, 15) is 54.2 Å². The molecule has 0 bridgehead atoms. The Labute approximate surface area is 395 Å². The number of hydrogen-bond donors (Lipinski definition) is 6. The van der Waals surface area contributed by atoms with Crippen LogP contribution in [0.2, 0.25) is 6.04 Å². The van der Waals surface area contributed by atoms with E-state index in [1.54, 1.807) is 14.7 Å². The van der Waals surface area contributed by atoms with Crippen molar-refractivity contribution in [2.75, 3.05) is 142 Å². The van der Waals surface area contributed by atoms with Gasteiger partial charge in [0.15, 0.2) is 0 Å². The van der Waals surface area contributed by atoms with E-state index < -0.39 is 56.4 Å². The van der Waals surface area contributed by atoms with Crippen LogP contribution in [0.5, 0.6) is 0 Å². The summed E-state index contributed by atoms with van der Waals surface area (Å²) in [5.74, 6) is -1.65. The molecule has 23 heteroatoms. The van der Waals surface area contributed by atoms with Crippen molar-refractivity contribution in [2.24, 2.45) is 0 Å². The Morgan fingerprint density at radius 1 is 0.415 bits per heavy atom. The summed E-state index contributed by atoms with van der Waals surface area (Å²) >= 11 is 0. The van der Waals surface area contributed by atoms with Crippen molar-refractivity contribution < 1.29 is 72.0 Å². The van der Waals surface area contributed by atoms with E-state index in [2.05, 4.69) is 20.9 Å². The fraction of sp³-hybridized carbons (Fsp3) is 1.00. The van der Waals surface area contributed by atoms with Crippen LogP contribution in [0, 0.1) is 0 Å². The molecule has 0 spiro atoms. The van der Waals surface area contributed by atoms with Crippen molar-refractivity contribution in [3.05, 3.63) is 0 Å². The lowest BCUT2D eigenvalue weighted by Crippen LogP contribution is -2.52. The van der Waals surface area contributed by atoms with Crippen LogP contribution < -0.4 is 0 Å². The summed E-state index contributed by atoms with van der Waals surface area (Å²) in [4.78, 5) is 4.89. The van der Waals surface area contributed by atoms with Crippen LogP contribution in [0.15, 0.2) is 0 Å². The van der Waals surface area contributed by atoms with Gasteiger partial charge in [0, 0.05) is 71.4 Å². The van der Waals surface area contributed by atoms with Gasteiger partial charge in [-0.15, -0.1) is 0 Å². The predicted octanol–water partition coefficient (Wildman–Crippen LogP) is 3.64. The van der Waals surface area contributed by atoms with Gasteiger partial charge in [0.1, 0.15) is 0 Å². The van der Waals surface area contributed by atoms with Crippen LogP contribution in [0.25, 0.3) is 0 Å². The molecule has 0 rings (SSSR count). The van der Waals surface area contributed by atoms with Crippen LogP contribution in [-0.4, -0.2) is 225 Å². The SMILES string of the molecule is CCCCCCCCCC[N+](C)(CCCCCCCCCC)CCC[Si](OCCN(CCO)CCS(=O)(=O)O)(OCCN(CCO)CCS(=O)(=O)O)OCCN(CCO)CCS(=O)(=O)O. The Hall–Kier alpha value is -0.453. The van der Waals surface area contributed by atoms with Gasteiger partial charge in [-0.05, 0) is 25.7 Å². The molecule has 6 N–H and O–H groups in total. The average molecular weight is 1020 g/mol. The van der Waals surface area contributed by atoms with E-state index >= 15 is 0 Å². The molecule has 65 heavy (non-hydrogen) atoms. The number of hydrogen-bond acceptors (Lipinski definition) is 15. The molecule has 0 heterocycles. The van der Waals surface area contributed by atoms with Gasteiger partial charge in [-0.1, -0.05) is 90.9 Å². The molecule has 0 radical (unpaired) electrons. The summed E-state index contributed by atoms with van der Waals surface area (Å²) in [7, 11) is -14.3. The van der Waals surface area contributed by atoms with Gasteiger partial charge in [-0.3, -0.25) is 28.4 Å². The molecule has 0 aliphatic carbocycles. The first-order valence-electron chi connectivity index (χ1n) is 24.4. The van der Waals surface area contributed by atoms with Gasteiger partial charge in [-0.2, -0.15) is 25.3 Å². The van der Waals surface area contributed by atoms with Crippen molar-refractivity contribution in [3.8, 4) is 0 Å². The highest BCUT2D eigenvalue weighted by atomic mass is 32.2. The second kappa shape index (κ2) is 38.3. The normalized spacial score (nSPS) is 13.3. The third kappa shape index (κ3) is 40.0. The summed E-state index contributed by atoms with van der Waals surface area (Å²) in [5, 5.41) is 29.1.